The average Bonchev–Trinajstić information content (AvgIpc) is 3.21. The number of hydrogen-bond donors (Lipinski definition) is 0. The lowest BCUT2D eigenvalue weighted by Gasteiger charge is -2.19. The summed E-state index contributed by atoms with van der Waals surface area (Å²) in [5.41, 5.74) is 6.38. The Balaban J connectivity index is 2.27. The van der Waals surface area contributed by atoms with E-state index in [0.717, 1.165) is 65.4 Å². The molecule has 1 aromatic carbocycles. The van der Waals surface area contributed by atoms with Gasteiger partial charge >= 0.3 is 0 Å². The van der Waals surface area contributed by atoms with Crippen LogP contribution in [0.4, 0.5) is 11.4 Å². The maximum Gasteiger partial charge on any atom is 0.278 e. The number of nitrogens with zero attached hydrogens (tertiary/aromatic N) is 5. The van der Waals surface area contributed by atoms with Crippen LogP contribution < -0.4 is 10.5 Å². The first-order chi connectivity index (χ1) is 16.2. The molecule has 6 nitrogen and oxygen atoms in total. The van der Waals surface area contributed by atoms with Crippen LogP contribution in [-0.4, -0.2) is 34.7 Å². The van der Waals surface area contributed by atoms with E-state index < -0.39 is 0 Å². The summed E-state index contributed by atoms with van der Waals surface area (Å²) in [7, 11) is 2.09. The van der Waals surface area contributed by atoms with Crippen molar-refractivity contribution in [1.29, 1.82) is 0 Å². The van der Waals surface area contributed by atoms with E-state index in [1.807, 2.05) is 0 Å². The number of fused-ring (bicyclic) bond motifs is 1. The van der Waals surface area contributed by atoms with Crippen molar-refractivity contribution in [2.24, 2.45) is 16.0 Å². The second-order valence-corrected chi connectivity index (χ2v) is 9.71. The zero-order valence-electron chi connectivity index (χ0n) is 22.4. The van der Waals surface area contributed by atoms with Crippen molar-refractivity contribution < 1.29 is 0 Å². The highest BCUT2D eigenvalue weighted by molar-refractivity contribution is 6.49. The molecule has 6 heteroatoms. The predicted molar refractivity (Wildman–Crippen MR) is 145 cm³/mol. The van der Waals surface area contributed by atoms with Gasteiger partial charge in [-0.05, 0) is 68.7 Å². The molecule has 0 saturated carbocycles. The van der Waals surface area contributed by atoms with Gasteiger partial charge in [-0.2, -0.15) is 9.78 Å². The average molecular weight is 464 g/mol. The van der Waals surface area contributed by atoms with Gasteiger partial charge in [-0.25, -0.2) is 9.98 Å². The summed E-state index contributed by atoms with van der Waals surface area (Å²) in [4.78, 5) is 26.1. The number of aryl methyl sites for hydroxylation is 1. The molecule has 0 amide bonds. The third-order valence-electron chi connectivity index (χ3n) is 7.38. The van der Waals surface area contributed by atoms with Crippen LogP contribution in [0.25, 0.3) is 0 Å². The van der Waals surface area contributed by atoms with Crippen molar-refractivity contribution in [2.45, 2.75) is 86.5 Å². The Morgan fingerprint density at radius 2 is 1.65 bits per heavy atom. The lowest BCUT2D eigenvalue weighted by atomic mass is 9.91. The van der Waals surface area contributed by atoms with Crippen molar-refractivity contribution in [3.05, 3.63) is 51.2 Å². The van der Waals surface area contributed by atoms with Gasteiger partial charge in [0.2, 0.25) is 0 Å². The van der Waals surface area contributed by atoms with Gasteiger partial charge in [0, 0.05) is 30.8 Å². The summed E-state index contributed by atoms with van der Waals surface area (Å²) in [6.07, 6.45) is 2.73. The number of benzene rings is 1. The highest BCUT2D eigenvalue weighted by atomic mass is 16.1. The molecule has 3 atom stereocenters. The highest BCUT2D eigenvalue weighted by Gasteiger charge is 2.33. The van der Waals surface area contributed by atoms with E-state index in [4.69, 9.17) is 15.1 Å². The smallest absolute Gasteiger partial charge is 0.278 e. The molecule has 0 bridgehead atoms. The van der Waals surface area contributed by atoms with Crippen LogP contribution in [0.1, 0.15) is 102 Å². The van der Waals surface area contributed by atoms with Gasteiger partial charge in [0.15, 0.2) is 5.82 Å². The minimum Gasteiger partial charge on any atom is -0.375 e. The van der Waals surface area contributed by atoms with Crippen molar-refractivity contribution in [2.75, 3.05) is 18.5 Å². The summed E-state index contributed by atoms with van der Waals surface area (Å²) in [6, 6.07) is 6.32. The van der Waals surface area contributed by atoms with Crippen molar-refractivity contribution in [1.82, 2.24) is 9.66 Å². The van der Waals surface area contributed by atoms with Crippen molar-refractivity contribution >= 4 is 22.8 Å². The molecule has 34 heavy (non-hydrogen) atoms. The zero-order chi connectivity index (χ0) is 25.2. The van der Waals surface area contributed by atoms with E-state index >= 15 is 0 Å². The molecule has 2 aromatic rings. The van der Waals surface area contributed by atoms with Crippen LogP contribution in [0, 0.1) is 12.8 Å². The van der Waals surface area contributed by atoms with Gasteiger partial charge in [-0.1, -0.05) is 41.5 Å². The molecule has 1 aromatic heterocycles. The van der Waals surface area contributed by atoms with Crippen molar-refractivity contribution in [3.8, 4) is 0 Å². The van der Waals surface area contributed by atoms with Gasteiger partial charge in [-0.15, -0.1) is 0 Å². The Hall–Kier alpha value is -2.76. The van der Waals surface area contributed by atoms with E-state index in [-0.39, 0.29) is 23.3 Å². The minimum absolute atomic E-state index is 0.0442. The Morgan fingerprint density at radius 3 is 2.21 bits per heavy atom. The van der Waals surface area contributed by atoms with Gasteiger partial charge in [0.25, 0.3) is 5.56 Å². The fourth-order valence-electron chi connectivity index (χ4n) is 4.23. The molecule has 0 spiro atoms. The van der Waals surface area contributed by atoms with Gasteiger partial charge < -0.3 is 4.90 Å². The summed E-state index contributed by atoms with van der Waals surface area (Å²) in [5.74, 6) is 1.08. The molecule has 2 heterocycles. The van der Waals surface area contributed by atoms with Gasteiger partial charge in [0.05, 0.1) is 17.1 Å². The maximum atomic E-state index is 13.7. The van der Waals surface area contributed by atoms with Gasteiger partial charge in [0.1, 0.15) is 5.71 Å². The summed E-state index contributed by atoms with van der Waals surface area (Å²) >= 11 is 0. The lowest BCUT2D eigenvalue weighted by Crippen LogP contribution is -2.29. The van der Waals surface area contributed by atoms with Gasteiger partial charge in [-0.3, -0.25) is 4.79 Å². The molecule has 184 valence electrons. The Labute approximate surface area is 204 Å². The molecule has 0 fully saturated rings. The number of rotatable bonds is 9. The standard InChI is InChI=1S/C28H41N5O/c1-10-17(5)23-24(18(6)11-2)30-27-26(25(19(7)12-3)31-33(27)28(23)34)29-22-15-14-21(16-20(22)8)32(9)13-4/h14-19H,10-13H2,1-9H3. The van der Waals surface area contributed by atoms with Crippen LogP contribution in [0.3, 0.4) is 0 Å². The molecule has 0 saturated heterocycles. The summed E-state index contributed by atoms with van der Waals surface area (Å²) < 4.78 is 1.52. The van der Waals surface area contributed by atoms with E-state index in [2.05, 4.69) is 85.5 Å². The van der Waals surface area contributed by atoms with E-state index in [1.54, 1.807) is 0 Å². The topological polar surface area (TPSA) is 62.9 Å². The summed E-state index contributed by atoms with van der Waals surface area (Å²) in [5, 5.41) is 4.81. The number of hydrogen-bond acceptors (Lipinski definition) is 5. The van der Waals surface area contributed by atoms with Crippen LogP contribution >= 0.6 is 0 Å². The predicted octanol–water partition coefficient (Wildman–Crippen LogP) is 6.42. The fraction of sp³-hybridized carbons (Fsp3) is 0.571. The highest BCUT2D eigenvalue weighted by Crippen LogP contribution is 2.30. The SMILES string of the molecule is CCC(C)C1=Nn2c(nc(C(C)CC)c(C(C)CC)c2=O)C1=Nc1ccc(N(C)CC)cc1C. The van der Waals surface area contributed by atoms with E-state index in [9.17, 15) is 4.79 Å². The normalized spacial score (nSPS) is 16.9. The molecule has 1 aliphatic rings. The number of anilines is 1. The summed E-state index contributed by atoms with van der Waals surface area (Å²) in [6.45, 7) is 18.0. The largest absolute Gasteiger partial charge is 0.375 e. The molecule has 0 N–H and O–H groups in total. The molecule has 0 aliphatic carbocycles. The van der Waals surface area contributed by atoms with E-state index in [1.165, 1.54) is 4.68 Å². The molecular formula is C28H41N5O. The first kappa shape index (κ1) is 25.9. The fourth-order valence-corrected chi connectivity index (χ4v) is 4.23. The van der Waals surface area contributed by atoms with Crippen LogP contribution in [0.2, 0.25) is 0 Å². The minimum atomic E-state index is -0.0442. The first-order valence-electron chi connectivity index (χ1n) is 12.8. The third-order valence-corrected chi connectivity index (χ3v) is 7.38. The molecule has 3 rings (SSSR count). The zero-order valence-corrected chi connectivity index (χ0v) is 22.4. The third kappa shape index (κ3) is 4.73. The molecule has 3 unspecified atom stereocenters. The maximum absolute atomic E-state index is 13.7. The molecule has 1 aliphatic heterocycles. The quantitative estimate of drug-likeness (QED) is 0.431. The lowest BCUT2D eigenvalue weighted by molar-refractivity contribution is 0.620. The Kier molecular flexibility index (Phi) is 8.11. The Bertz CT molecular complexity index is 1160. The second-order valence-electron chi connectivity index (χ2n) is 9.71. The Morgan fingerprint density at radius 1 is 1.00 bits per heavy atom. The molecule has 0 radical (unpaired) electrons. The number of aromatic nitrogens is 2. The van der Waals surface area contributed by atoms with E-state index in [0.29, 0.717) is 5.82 Å². The molecular weight excluding hydrogens is 422 g/mol. The van der Waals surface area contributed by atoms with Crippen LogP contribution in [-0.2, 0) is 0 Å². The van der Waals surface area contributed by atoms with Crippen LogP contribution in [0.5, 0.6) is 0 Å². The van der Waals surface area contributed by atoms with Crippen LogP contribution in [0.15, 0.2) is 33.1 Å². The monoisotopic (exact) mass is 463 g/mol. The first-order valence-corrected chi connectivity index (χ1v) is 12.8. The number of aliphatic imine (C=N–C) groups is 1. The second kappa shape index (κ2) is 10.7. The van der Waals surface area contributed by atoms with Crippen molar-refractivity contribution in [3.63, 3.8) is 0 Å².